The molecule has 0 aliphatic heterocycles. The van der Waals surface area contributed by atoms with Crippen LogP contribution in [0, 0.1) is 10.1 Å². The number of halogens is 1. The van der Waals surface area contributed by atoms with Crippen molar-refractivity contribution in [1.29, 1.82) is 0 Å². The summed E-state index contributed by atoms with van der Waals surface area (Å²) in [6.07, 6.45) is 0. The summed E-state index contributed by atoms with van der Waals surface area (Å²) in [5.41, 5.74) is 0. The van der Waals surface area contributed by atoms with Crippen molar-refractivity contribution in [2.24, 2.45) is 0 Å². The van der Waals surface area contributed by atoms with Crippen LogP contribution < -0.4 is 0 Å². The Balaban J connectivity index is -0.0000000450. The first-order chi connectivity index (χ1) is 1.73. The van der Waals surface area contributed by atoms with Crippen LogP contribution in [0.5, 0.6) is 0 Å². The summed E-state index contributed by atoms with van der Waals surface area (Å²) in [6.45, 7) is 0. The Kier molecular flexibility index (Phi) is 24.3. The fourth-order valence-electron chi connectivity index (χ4n) is 0. The van der Waals surface area contributed by atoms with Gasteiger partial charge in [-0.2, -0.15) is 0 Å². The summed E-state index contributed by atoms with van der Waals surface area (Å²) >= 11 is 0. The molecule has 0 rings (SSSR count). The number of nitro groups is 1. The predicted octanol–water partition coefficient (Wildman–Crippen LogP) is -0.777. The molecule has 6 heavy (non-hydrogen) atoms. The van der Waals surface area contributed by atoms with Gasteiger partial charge in [-0.25, -0.2) is 10.1 Å². The summed E-state index contributed by atoms with van der Waals surface area (Å²) in [5, 5.41) is 6.14. The normalized spacial score (nSPS) is 4.17. The van der Waals surface area contributed by atoms with Crippen LogP contribution in [0.3, 0.4) is 0 Å². The van der Waals surface area contributed by atoms with E-state index in [1.165, 1.54) is 0 Å². The van der Waals surface area contributed by atoms with Crippen molar-refractivity contribution < 1.29 is 47.8 Å². The van der Waals surface area contributed by atoms with Gasteiger partial charge in [0.25, 0.3) is 5.15 Å². The van der Waals surface area contributed by atoms with Crippen molar-refractivity contribution in [2.45, 2.75) is 0 Å². The van der Waals surface area contributed by atoms with Gasteiger partial charge in [-0.05, 0) is 0 Å². The van der Waals surface area contributed by atoms with E-state index in [2.05, 4.69) is 0 Å². The number of rotatable bonds is 0. The minimum atomic E-state index is -2.00. The fourth-order valence-corrected chi connectivity index (χ4v) is 0. The van der Waals surface area contributed by atoms with Crippen molar-refractivity contribution in [3.63, 3.8) is 0 Å². The molecule has 0 aliphatic carbocycles. The predicted molar refractivity (Wildman–Crippen MR) is 13.0 cm³/mol. The van der Waals surface area contributed by atoms with Crippen LogP contribution in [0.25, 0.3) is 0 Å². The second-order valence-electron chi connectivity index (χ2n) is 0.213. The maximum absolute atomic E-state index is 9.72. The molecule has 0 saturated heterocycles. The Hall–Kier alpha value is 0.394. The van der Waals surface area contributed by atoms with Crippen molar-refractivity contribution in [2.75, 3.05) is 0 Å². The molecular formula is H3FNO3Y+. The van der Waals surface area contributed by atoms with E-state index in [0.717, 1.165) is 0 Å². The van der Waals surface area contributed by atoms with Gasteiger partial charge < -0.3 is 5.48 Å². The number of nitrogens with zero attached hydrogens (tertiary/aromatic N) is 1. The van der Waals surface area contributed by atoms with E-state index in [1.807, 2.05) is 0 Å². The first-order valence-corrected chi connectivity index (χ1v) is 0.534. The van der Waals surface area contributed by atoms with Crippen molar-refractivity contribution in [1.82, 2.24) is 0 Å². The molecule has 4 nitrogen and oxygen atoms in total. The van der Waals surface area contributed by atoms with Crippen LogP contribution in [0.15, 0.2) is 0 Å². The fraction of sp³-hybridized carbons (Fsp3) is 0. The summed E-state index contributed by atoms with van der Waals surface area (Å²) in [6, 6.07) is 0. The number of hydrogen-bond acceptors (Lipinski definition) is 2. The van der Waals surface area contributed by atoms with Gasteiger partial charge >= 0.3 is 0 Å². The van der Waals surface area contributed by atoms with Gasteiger partial charge in [0.05, 0.1) is 0 Å². The molecule has 0 saturated carbocycles. The first kappa shape index (κ1) is 16.2. The van der Waals surface area contributed by atoms with Crippen LogP contribution in [-0.2, 0) is 38.2 Å². The molecular weight excluding hydrogens is 170 g/mol. The smallest absolute Gasteiger partial charge is 0.279 e. The number of hydrogen-bond donors (Lipinski definition) is 0. The zero-order valence-corrected chi connectivity index (χ0v) is 5.63. The SMILES string of the molecule is O=[N+]([O-])F.[OH3+].[Y]. The second-order valence-corrected chi connectivity index (χ2v) is 0.213. The Bertz CT molecular complexity index is 33.8. The zero-order valence-electron chi connectivity index (χ0n) is 2.80. The quantitative estimate of drug-likeness (QED) is 0.208. The molecule has 3 N–H and O–H groups in total. The van der Waals surface area contributed by atoms with Gasteiger partial charge in [-0.1, -0.05) is 0 Å². The minimum Gasteiger partial charge on any atom is -0.457 e. The maximum Gasteiger partial charge on any atom is 0.279 e. The average Bonchev–Trinajstić information content (AvgIpc) is 0.811. The van der Waals surface area contributed by atoms with Crippen molar-refractivity contribution in [3.05, 3.63) is 10.1 Å². The molecule has 0 aromatic carbocycles. The summed E-state index contributed by atoms with van der Waals surface area (Å²) in [4.78, 5) is 8.14. The Labute approximate surface area is 58.0 Å². The van der Waals surface area contributed by atoms with Gasteiger partial charge in [0, 0.05) is 32.7 Å². The summed E-state index contributed by atoms with van der Waals surface area (Å²) < 4.78 is 9.72. The molecule has 0 fully saturated rings. The van der Waals surface area contributed by atoms with Gasteiger partial charge in [0.1, 0.15) is 0 Å². The molecule has 0 heterocycles. The van der Waals surface area contributed by atoms with Crippen LogP contribution >= 0.6 is 0 Å². The molecule has 0 bridgehead atoms. The third-order valence-corrected chi connectivity index (χ3v) is 0. The van der Waals surface area contributed by atoms with E-state index in [9.17, 15) is 4.48 Å². The van der Waals surface area contributed by atoms with E-state index in [4.69, 9.17) is 10.1 Å². The molecule has 35 valence electrons. The van der Waals surface area contributed by atoms with E-state index >= 15 is 0 Å². The monoisotopic (exact) mass is 173 g/mol. The molecule has 0 atom stereocenters. The molecule has 6 heteroatoms. The third kappa shape index (κ3) is 326. The average molecular weight is 173 g/mol. The van der Waals surface area contributed by atoms with E-state index in [1.54, 1.807) is 0 Å². The molecule has 0 aromatic heterocycles. The largest absolute Gasteiger partial charge is 0.457 e. The Morgan fingerprint density at radius 2 is 1.67 bits per heavy atom. The van der Waals surface area contributed by atoms with E-state index < -0.39 is 5.15 Å². The third-order valence-electron chi connectivity index (χ3n) is 0. The van der Waals surface area contributed by atoms with Crippen molar-refractivity contribution in [3.8, 4) is 0 Å². The van der Waals surface area contributed by atoms with E-state index in [-0.39, 0.29) is 38.2 Å². The zero-order chi connectivity index (χ0) is 3.58. The molecule has 0 amide bonds. The van der Waals surface area contributed by atoms with Crippen molar-refractivity contribution >= 4 is 0 Å². The second kappa shape index (κ2) is 9.04. The summed E-state index contributed by atoms with van der Waals surface area (Å²) in [5.74, 6) is 0. The Morgan fingerprint density at radius 1 is 1.67 bits per heavy atom. The summed E-state index contributed by atoms with van der Waals surface area (Å²) in [7, 11) is 0. The molecule has 0 aromatic rings. The van der Waals surface area contributed by atoms with Crippen LogP contribution in [0.1, 0.15) is 0 Å². The van der Waals surface area contributed by atoms with Gasteiger partial charge in [-0.15, -0.1) is 0 Å². The van der Waals surface area contributed by atoms with Crippen LogP contribution in [0.4, 0.5) is 4.48 Å². The topological polar surface area (TPSA) is 76.1 Å². The van der Waals surface area contributed by atoms with Crippen LogP contribution in [0.2, 0.25) is 0 Å². The standard InChI is InChI=1S/FNO2.H2O.Y/c1-2(3)4;;/h;1H2;/p+1. The van der Waals surface area contributed by atoms with E-state index in [0.29, 0.717) is 0 Å². The molecule has 1 radical (unpaired) electrons. The molecule has 0 aliphatic rings. The van der Waals surface area contributed by atoms with Gasteiger partial charge in [-0.3, -0.25) is 0 Å². The maximum atomic E-state index is 9.72. The van der Waals surface area contributed by atoms with Gasteiger partial charge in [0.2, 0.25) is 0 Å². The minimum absolute atomic E-state index is 0. The first-order valence-electron chi connectivity index (χ1n) is 0.534. The van der Waals surface area contributed by atoms with Gasteiger partial charge in [0.15, 0.2) is 4.48 Å². The molecule has 0 unspecified atom stereocenters. The molecule has 0 spiro atoms. The Morgan fingerprint density at radius 3 is 1.67 bits per heavy atom. The van der Waals surface area contributed by atoms with Crippen LogP contribution in [-0.4, -0.2) is 5.15 Å².